The summed E-state index contributed by atoms with van der Waals surface area (Å²) >= 11 is 0. The van der Waals surface area contributed by atoms with Crippen LogP contribution >= 0.6 is 0 Å². The van der Waals surface area contributed by atoms with Crippen LogP contribution in [0.25, 0.3) is 0 Å². The number of rotatable bonds is 6. The first-order valence-electron chi connectivity index (χ1n) is 12.5. The van der Waals surface area contributed by atoms with Gasteiger partial charge in [-0.3, -0.25) is 9.59 Å². The molecule has 1 aromatic rings. The van der Waals surface area contributed by atoms with E-state index in [9.17, 15) is 24.3 Å². The van der Waals surface area contributed by atoms with Gasteiger partial charge in [0, 0.05) is 30.7 Å². The zero-order valence-electron chi connectivity index (χ0n) is 21.5. The van der Waals surface area contributed by atoms with Gasteiger partial charge in [0.05, 0.1) is 5.56 Å². The van der Waals surface area contributed by atoms with Gasteiger partial charge in [0.2, 0.25) is 11.8 Å². The molecule has 2 atom stereocenters. The van der Waals surface area contributed by atoms with Crippen LogP contribution in [0.3, 0.4) is 0 Å². The predicted molar refractivity (Wildman–Crippen MR) is 135 cm³/mol. The number of alkyl carbamates (subject to hydrolysis) is 1. The van der Waals surface area contributed by atoms with E-state index in [0.717, 1.165) is 12.8 Å². The van der Waals surface area contributed by atoms with E-state index in [0.29, 0.717) is 43.6 Å². The number of aromatic carboxylic acids is 1. The van der Waals surface area contributed by atoms with Gasteiger partial charge in [-0.05, 0) is 89.5 Å². The summed E-state index contributed by atoms with van der Waals surface area (Å²) in [5, 5.41) is 14.8. The number of carbonyl (C=O) groups excluding carboxylic acids is 3. The molecule has 0 bridgehead atoms. The van der Waals surface area contributed by atoms with Gasteiger partial charge in [-0.2, -0.15) is 0 Å². The number of amides is 3. The van der Waals surface area contributed by atoms with E-state index in [1.54, 1.807) is 24.0 Å². The van der Waals surface area contributed by atoms with E-state index in [1.165, 1.54) is 6.07 Å². The Balaban J connectivity index is 1.54. The Kier molecular flexibility index (Phi) is 8.60. The zero-order chi connectivity index (χ0) is 26.6. The second-order valence-corrected chi connectivity index (χ2v) is 10.9. The second-order valence-electron chi connectivity index (χ2n) is 10.9. The molecule has 1 saturated heterocycles. The molecule has 1 heterocycles. The van der Waals surface area contributed by atoms with Crippen LogP contribution in [-0.4, -0.2) is 64.7 Å². The molecule has 10 heteroatoms. The Morgan fingerprint density at radius 1 is 1.14 bits per heavy atom. The third-order valence-electron chi connectivity index (χ3n) is 6.77. The highest BCUT2D eigenvalue weighted by atomic mass is 16.6. The number of benzene rings is 1. The highest BCUT2D eigenvalue weighted by Crippen LogP contribution is 2.32. The van der Waals surface area contributed by atoms with Crippen molar-refractivity contribution in [3.63, 3.8) is 0 Å². The summed E-state index contributed by atoms with van der Waals surface area (Å²) in [5.41, 5.74) is 6.77. The van der Waals surface area contributed by atoms with E-state index >= 15 is 0 Å². The number of carboxylic acids is 1. The highest BCUT2D eigenvalue weighted by molar-refractivity contribution is 5.98. The van der Waals surface area contributed by atoms with Crippen LogP contribution in [0.15, 0.2) is 18.2 Å². The Bertz CT molecular complexity index is 997. The maximum atomic E-state index is 13.4. The minimum Gasteiger partial charge on any atom is -0.478 e. The summed E-state index contributed by atoms with van der Waals surface area (Å²) in [6.07, 6.45) is 2.92. The number of hydrogen-bond acceptors (Lipinski definition) is 6. The fraction of sp³-hybridized carbons (Fsp3) is 0.615. The smallest absolute Gasteiger partial charge is 0.407 e. The molecule has 1 aliphatic heterocycles. The average molecular weight is 503 g/mol. The van der Waals surface area contributed by atoms with Crippen LogP contribution in [0.1, 0.15) is 68.8 Å². The summed E-state index contributed by atoms with van der Waals surface area (Å²) in [4.78, 5) is 51.2. The summed E-state index contributed by atoms with van der Waals surface area (Å²) in [5.74, 6) is -1.31. The standard InChI is InChI=1S/C26H38N4O6/c1-15-11-19(9-10-20(15)24(33)34)29-22(31)21-12-18(27)14-30(21)23(32)17-7-5-16(6-8-17)13-28-25(35)36-26(2,3)4/h9-11,16-18,21H,5-8,12-14,27H2,1-4H3,(H,28,35)(H,29,31)(H,33,34)/t16?,17?,18-,21-/m0/s1. The normalized spacial score (nSPS) is 24.2. The lowest BCUT2D eigenvalue weighted by Crippen LogP contribution is -2.46. The van der Waals surface area contributed by atoms with Gasteiger partial charge in [-0.25, -0.2) is 9.59 Å². The molecule has 5 N–H and O–H groups in total. The Morgan fingerprint density at radius 3 is 2.39 bits per heavy atom. The zero-order valence-corrected chi connectivity index (χ0v) is 21.5. The first-order valence-corrected chi connectivity index (χ1v) is 12.5. The Labute approximate surface area is 211 Å². The van der Waals surface area contributed by atoms with Crippen LogP contribution < -0.4 is 16.4 Å². The minimum absolute atomic E-state index is 0.0564. The molecule has 0 spiro atoms. The fourth-order valence-corrected chi connectivity index (χ4v) is 4.96. The number of ether oxygens (including phenoxy) is 1. The molecule has 3 rings (SSSR count). The number of nitrogens with two attached hydrogens (primary N) is 1. The molecular formula is C26H38N4O6. The largest absolute Gasteiger partial charge is 0.478 e. The lowest BCUT2D eigenvalue weighted by Gasteiger charge is -2.32. The minimum atomic E-state index is -1.03. The van der Waals surface area contributed by atoms with Crippen molar-refractivity contribution in [1.82, 2.24) is 10.2 Å². The molecule has 36 heavy (non-hydrogen) atoms. The van der Waals surface area contributed by atoms with Gasteiger partial charge in [0.15, 0.2) is 0 Å². The Hall–Kier alpha value is -3.14. The number of carboxylic acid groups (broad SMARTS) is 1. The maximum Gasteiger partial charge on any atom is 0.407 e. The number of likely N-dealkylation sites (tertiary alicyclic amines) is 1. The van der Waals surface area contributed by atoms with Crippen molar-refractivity contribution in [1.29, 1.82) is 0 Å². The summed E-state index contributed by atoms with van der Waals surface area (Å²) < 4.78 is 5.28. The van der Waals surface area contributed by atoms with Crippen molar-refractivity contribution in [2.75, 3.05) is 18.4 Å². The molecule has 2 fully saturated rings. The topological polar surface area (TPSA) is 151 Å². The van der Waals surface area contributed by atoms with Gasteiger partial charge >= 0.3 is 12.1 Å². The van der Waals surface area contributed by atoms with Crippen LogP contribution in [0, 0.1) is 18.8 Å². The van der Waals surface area contributed by atoms with Gasteiger partial charge < -0.3 is 31.1 Å². The molecule has 3 amide bonds. The van der Waals surface area contributed by atoms with Crippen molar-refractivity contribution in [3.8, 4) is 0 Å². The molecule has 2 aliphatic rings. The van der Waals surface area contributed by atoms with E-state index in [2.05, 4.69) is 10.6 Å². The first kappa shape index (κ1) is 27.4. The monoisotopic (exact) mass is 502 g/mol. The maximum absolute atomic E-state index is 13.4. The number of hydrogen-bond donors (Lipinski definition) is 4. The van der Waals surface area contributed by atoms with Crippen molar-refractivity contribution in [3.05, 3.63) is 29.3 Å². The average Bonchev–Trinajstić information content (AvgIpc) is 3.18. The number of nitrogens with one attached hydrogen (secondary N) is 2. The quantitative estimate of drug-likeness (QED) is 0.467. The van der Waals surface area contributed by atoms with Crippen molar-refractivity contribution >= 4 is 29.6 Å². The van der Waals surface area contributed by atoms with E-state index in [4.69, 9.17) is 10.5 Å². The van der Waals surface area contributed by atoms with E-state index in [-0.39, 0.29) is 35.3 Å². The van der Waals surface area contributed by atoms with Gasteiger partial charge in [0.1, 0.15) is 11.6 Å². The van der Waals surface area contributed by atoms with Crippen LogP contribution in [0.2, 0.25) is 0 Å². The van der Waals surface area contributed by atoms with Crippen molar-refractivity contribution < 1.29 is 29.0 Å². The lowest BCUT2D eigenvalue weighted by atomic mass is 9.81. The SMILES string of the molecule is Cc1cc(NC(=O)[C@@H]2C[C@H](N)CN2C(=O)C2CCC(CNC(=O)OC(C)(C)C)CC2)ccc1C(=O)O. The predicted octanol–water partition coefficient (Wildman–Crippen LogP) is 2.89. The Morgan fingerprint density at radius 2 is 1.81 bits per heavy atom. The molecule has 1 aromatic carbocycles. The summed E-state index contributed by atoms with van der Waals surface area (Å²) in [7, 11) is 0. The molecule has 1 saturated carbocycles. The van der Waals surface area contributed by atoms with E-state index < -0.39 is 23.7 Å². The van der Waals surface area contributed by atoms with Crippen LogP contribution in [-0.2, 0) is 14.3 Å². The highest BCUT2D eigenvalue weighted by Gasteiger charge is 2.41. The molecule has 198 valence electrons. The molecular weight excluding hydrogens is 464 g/mol. The molecule has 10 nitrogen and oxygen atoms in total. The van der Waals surface area contributed by atoms with Gasteiger partial charge in [-0.15, -0.1) is 0 Å². The summed E-state index contributed by atoms with van der Waals surface area (Å²) in [6.45, 7) is 7.95. The second kappa shape index (κ2) is 11.3. The first-order chi connectivity index (χ1) is 16.8. The van der Waals surface area contributed by atoms with Crippen LogP contribution in [0.5, 0.6) is 0 Å². The molecule has 0 aromatic heterocycles. The fourth-order valence-electron chi connectivity index (χ4n) is 4.96. The summed E-state index contributed by atoms with van der Waals surface area (Å²) in [6, 6.07) is 3.65. The number of aryl methyl sites for hydroxylation is 1. The third kappa shape index (κ3) is 7.19. The van der Waals surface area contributed by atoms with Crippen LogP contribution in [0.4, 0.5) is 10.5 Å². The van der Waals surface area contributed by atoms with Crippen molar-refractivity contribution in [2.24, 2.45) is 17.6 Å². The number of anilines is 1. The van der Waals surface area contributed by atoms with Crippen molar-refractivity contribution in [2.45, 2.75) is 77.5 Å². The molecule has 0 radical (unpaired) electrons. The number of nitrogens with zero attached hydrogens (tertiary/aromatic N) is 1. The van der Waals surface area contributed by atoms with E-state index in [1.807, 2.05) is 20.8 Å². The molecule has 1 aliphatic carbocycles. The molecule has 0 unspecified atom stereocenters. The van der Waals surface area contributed by atoms with Gasteiger partial charge in [0.25, 0.3) is 0 Å². The lowest BCUT2D eigenvalue weighted by molar-refractivity contribution is -0.141. The third-order valence-corrected chi connectivity index (χ3v) is 6.77. The number of carbonyl (C=O) groups is 4. The van der Waals surface area contributed by atoms with Gasteiger partial charge in [-0.1, -0.05) is 0 Å².